The zero-order valence-electron chi connectivity index (χ0n) is 13.0. The second-order valence-electron chi connectivity index (χ2n) is 5.84. The summed E-state index contributed by atoms with van der Waals surface area (Å²) in [7, 11) is 4.15. The molecular weight excluding hydrogens is 252 g/mol. The van der Waals surface area contributed by atoms with E-state index in [1.807, 2.05) is 12.1 Å². The summed E-state index contributed by atoms with van der Waals surface area (Å²) in [6.45, 7) is 5.77. The Morgan fingerprint density at radius 3 is 2.50 bits per heavy atom. The molecule has 0 aromatic heterocycles. The van der Waals surface area contributed by atoms with Crippen LogP contribution in [-0.2, 0) is 0 Å². The number of rotatable bonds is 4. The molecule has 0 radical (unpaired) electrons. The molecule has 2 N–H and O–H groups in total. The third kappa shape index (κ3) is 2.76. The van der Waals surface area contributed by atoms with Gasteiger partial charge in [0.2, 0.25) is 0 Å². The van der Waals surface area contributed by atoms with E-state index in [9.17, 15) is 0 Å². The summed E-state index contributed by atoms with van der Waals surface area (Å²) in [5.74, 6) is 1.63. The van der Waals surface area contributed by atoms with E-state index in [1.54, 1.807) is 0 Å². The van der Waals surface area contributed by atoms with Crippen molar-refractivity contribution in [3.05, 3.63) is 23.8 Å². The molecule has 2 unspecified atom stereocenters. The fourth-order valence-electron chi connectivity index (χ4n) is 2.55. The van der Waals surface area contributed by atoms with E-state index in [0.717, 1.165) is 29.9 Å². The normalized spacial score (nSPS) is 19.3. The highest BCUT2D eigenvalue weighted by atomic mass is 16.5. The number of benzene rings is 1. The maximum Gasteiger partial charge on any atom is 0.161 e. The second kappa shape index (κ2) is 6.02. The lowest BCUT2D eigenvalue weighted by atomic mass is 9.84. The predicted molar refractivity (Wildman–Crippen MR) is 81.4 cm³/mol. The van der Waals surface area contributed by atoms with E-state index in [-0.39, 0.29) is 11.6 Å². The fourth-order valence-corrected chi connectivity index (χ4v) is 2.55. The minimum atomic E-state index is -0.0835. The topological polar surface area (TPSA) is 47.7 Å². The molecule has 1 aromatic carbocycles. The Hall–Kier alpha value is -1.26. The Labute approximate surface area is 121 Å². The van der Waals surface area contributed by atoms with E-state index in [0.29, 0.717) is 13.2 Å². The number of nitrogens with zero attached hydrogens (tertiary/aromatic N) is 1. The molecule has 0 spiro atoms. The van der Waals surface area contributed by atoms with Gasteiger partial charge in [0.15, 0.2) is 11.5 Å². The summed E-state index contributed by atoms with van der Waals surface area (Å²) in [4.78, 5) is 2.20. The standard InChI is InChI=1S/C16H26N2O2/c1-5-16(2,18(3)4)15(17)12-7-8-13-14(11-12)20-10-6-9-19-13/h7-8,11,15H,5-6,9-10,17H2,1-4H3. The third-order valence-electron chi connectivity index (χ3n) is 4.54. The van der Waals surface area contributed by atoms with Crippen LogP contribution in [0.1, 0.15) is 38.3 Å². The van der Waals surface area contributed by atoms with Crippen molar-refractivity contribution < 1.29 is 9.47 Å². The van der Waals surface area contributed by atoms with Crippen LogP contribution in [0.4, 0.5) is 0 Å². The van der Waals surface area contributed by atoms with Crippen molar-refractivity contribution in [2.45, 2.75) is 38.3 Å². The van der Waals surface area contributed by atoms with Crippen LogP contribution in [0.25, 0.3) is 0 Å². The van der Waals surface area contributed by atoms with Crippen molar-refractivity contribution in [1.29, 1.82) is 0 Å². The van der Waals surface area contributed by atoms with Gasteiger partial charge in [0, 0.05) is 18.0 Å². The lowest BCUT2D eigenvalue weighted by Crippen LogP contribution is -2.49. The van der Waals surface area contributed by atoms with Gasteiger partial charge in [-0.3, -0.25) is 0 Å². The van der Waals surface area contributed by atoms with Gasteiger partial charge in [-0.15, -0.1) is 0 Å². The molecule has 1 aliphatic heterocycles. The van der Waals surface area contributed by atoms with Gasteiger partial charge in [0.25, 0.3) is 0 Å². The van der Waals surface area contributed by atoms with Crippen molar-refractivity contribution in [3.63, 3.8) is 0 Å². The lowest BCUT2D eigenvalue weighted by molar-refractivity contribution is 0.132. The molecule has 4 heteroatoms. The molecule has 0 fully saturated rings. The highest BCUT2D eigenvalue weighted by Crippen LogP contribution is 2.36. The average molecular weight is 278 g/mol. The largest absolute Gasteiger partial charge is 0.490 e. The highest BCUT2D eigenvalue weighted by molar-refractivity contribution is 5.44. The number of fused-ring (bicyclic) bond motifs is 1. The molecule has 0 amide bonds. The third-order valence-corrected chi connectivity index (χ3v) is 4.54. The first-order valence-electron chi connectivity index (χ1n) is 7.31. The molecule has 0 aliphatic carbocycles. The van der Waals surface area contributed by atoms with Gasteiger partial charge in [0.05, 0.1) is 13.2 Å². The number of likely N-dealkylation sites (N-methyl/N-ethyl adjacent to an activating group) is 1. The van der Waals surface area contributed by atoms with Crippen molar-refractivity contribution in [3.8, 4) is 11.5 Å². The summed E-state index contributed by atoms with van der Waals surface area (Å²) in [6.07, 6.45) is 1.90. The molecule has 112 valence electrons. The quantitative estimate of drug-likeness (QED) is 0.919. The average Bonchev–Trinajstić information content (AvgIpc) is 2.69. The van der Waals surface area contributed by atoms with Crippen LogP contribution in [0.5, 0.6) is 11.5 Å². The summed E-state index contributed by atoms with van der Waals surface area (Å²) >= 11 is 0. The summed E-state index contributed by atoms with van der Waals surface area (Å²) in [6, 6.07) is 5.99. The van der Waals surface area contributed by atoms with Gasteiger partial charge in [0.1, 0.15) is 0 Å². The van der Waals surface area contributed by atoms with Crippen molar-refractivity contribution in [2.24, 2.45) is 5.73 Å². The molecule has 20 heavy (non-hydrogen) atoms. The molecule has 4 nitrogen and oxygen atoms in total. The zero-order valence-corrected chi connectivity index (χ0v) is 13.0. The monoisotopic (exact) mass is 278 g/mol. The molecule has 1 heterocycles. The van der Waals surface area contributed by atoms with Gasteiger partial charge >= 0.3 is 0 Å². The first-order chi connectivity index (χ1) is 9.49. The molecule has 0 saturated heterocycles. The minimum Gasteiger partial charge on any atom is -0.490 e. The van der Waals surface area contributed by atoms with Crippen molar-refractivity contribution >= 4 is 0 Å². The molecular formula is C16H26N2O2. The number of nitrogens with two attached hydrogens (primary N) is 1. The molecule has 1 aliphatic rings. The van der Waals surface area contributed by atoms with Crippen LogP contribution in [0.3, 0.4) is 0 Å². The van der Waals surface area contributed by atoms with Crippen molar-refractivity contribution in [2.75, 3.05) is 27.3 Å². The second-order valence-corrected chi connectivity index (χ2v) is 5.84. The molecule has 2 atom stereocenters. The number of ether oxygens (including phenoxy) is 2. The maximum absolute atomic E-state index is 6.52. The van der Waals surface area contributed by atoms with E-state index in [4.69, 9.17) is 15.2 Å². The summed E-state index contributed by atoms with van der Waals surface area (Å²) < 4.78 is 11.4. The smallest absolute Gasteiger partial charge is 0.161 e. The van der Waals surface area contributed by atoms with Crippen LogP contribution in [0, 0.1) is 0 Å². The molecule has 0 saturated carbocycles. The van der Waals surface area contributed by atoms with Gasteiger partial charge in [-0.05, 0) is 45.1 Å². The molecule has 0 bridgehead atoms. The van der Waals surface area contributed by atoms with Gasteiger partial charge in [-0.2, -0.15) is 0 Å². The van der Waals surface area contributed by atoms with Gasteiger partial charge in [-0.1, -0.05) is 13.0 Å². The number of hydrogen-bond acceptors (Lipinski definition) is 4. The van der Waals surface area contributed by atoms with E-state index < -0.39 is 0 Å². The van der Waals surface area contributed by atoms with Crippen LogP contribution in [0.15, 0.2) is 18.2 Å². The lowest BCUT2D eigenvalue weighted by Gasteiger charge is -2.41. The fraction of sp³-hybridized carbons (Fsp3) is 0.625. The summed E-state index contributed by atoms with van der Waals surface area (Å²) in [5.41, 5.74) is 7.53. The Bertz CT molecular complexity index is 462. The Balaban J connectivity index is 2.31. The first kappa shape index (κ1) is 15.1. The predicted octanol–water partition coefficient (Wildman–Crippen LogP) is 2.58. The van der Waals surface area contributed by atoms with Crippen LogP contribution < -0.4 is 15.2 Å². The SMILES string of the molecule is CCC(C)(C(N)c1ccc2c(c1)OCCCO2)N(C)C. The highest BCUT2D eigenvalue weighted by Gasteiger charge is 2.33. The van der Waals surface area contributed by atoms with E-state index >= 15 is 0 Å². The van der Waals surface area contributed by atoms with Gasteiger partial charge < -0.3 is 20.1 Å². The Morgan fingerprint density at radius 2 is 1.90 bits per heavy atom. The van der Waals surface area contributed by atoms with Crippen LogP contribution >= 0.6 is 0 Å². The molecule has 1 aromatic rings. The van der Waals surface area contributed by atoms with Crippen molar-refractivity contribution in [1.82, 2.24) is 4.90 Å². The van der Waals surface area contributed by atoms with Gasteiger partial charge in [-0.25, -0.2) is 0 Å². The van der Waals surface area contributed by atoms with E-state index in [1.165, 1.54) is 0 Å². The summed E-state index contributed by atoms with van der Waals surface area (Å²) in [5, 5.41) is 0. The zero-order chi connectivity index (χ0) is 14.8. The molecule has 2 rings (SSSR count). The first-order valence-corrected chi connectivity index (χ1v) is 7.31. The number of hydrogen-bond donors (Lipinski definition) is 1. The Kier molecular flexibility index (Phi) is 4.55. The Morgan fingerprint density at radius 1 is 1.25 bits per heavy atom. The van der Waals surface area contributed by atoms with Crippen LogP contribution in [0.2, 0.25) is 0 Å². The van der Waals surface area contributed by atoms with E-state index in [2.05, 4.69) is 38.9 Å². The minimum absolute atomic E-state index is 0.0698. The maximum atomic E-state index is 6.52. The van der Waals surface area contributed by atoms with Crippen LogP contribution in [-0.4, -0.2) is 37.7 Å².